The summed E-state index contributed by atoms with van der Waals surface area (Å²) in [6.45, 7) is 0.491. The number of carboxylic acids is 1. The van der Waals surface area contributed by atoms with Gasteiger partial charge in [-0.15, -0.1) is 0 Å². The lowest BCUT2D eigenvalue weighted by Crippen LogP contribution is -2.39. The number of carboxylic acid groups (broad SMARTS) is 1. The van der Waals surface area contributed by atoms with Crippen LogP contribution in [-0.4, -0.2) is 17.0 Å². The minimum atomic E-state index is -0.842. The Hall–Kier alpha value is -1.36. The smallest absolute Gasteiger partial charge is 0.307 e. The molecule has 0 spiro atoms. The lowest BCUT2D eigenvalue weighted by molar-refractivity contribution is -0.148. The minimum Gasteiger partial charge on any atom is -0.481 e. The maximum atomic E-state index is 12.0. The van der Waals surface area contributed by atoms with Gasteiger partial charge in [0.1, 0.15) is 0 Å². The lowest BCUT2D eigenvalue weighted by Gasteiger charge is -2.27. The van der Waals surface area contributed by atoms with Gasteiger partial charge < -0.3 is 10.4 Å². The molecule has 0 unspecified atom stereocenters. The van der Waals surface area contributed by atoms with Gasteiger partial charge in [-0.1, -0.05) is 12.8 Å². The van der Waals surface area contributed by atoms with Crippen molar-refractivity contribution in [3.8, 4) is 0 Å². The van der Waals surface area contributed by atoms with E-state index in [2.05, 4.69) is 5.32 Å². The molecular formula is C13H17NO3S. The van der Waals surface area contributed by atoms with Crippen molar-refractivity contribution in [1.82, 2.24) is 5.32 Å². The molecule has 5 heteroatoms. The van der Waals surface area contributed by atoms with Crippen molar-refractivity contribution < 1.29 is 14.7 Å². The molecular weight excluding hydrogens is 250 g/mol. The number of aliphatic carboxylic acids is 1. The lowest BCUT2D eigenvalue weighted by atomic mass is 9.78. The predicted molar refractivity (Wildman–Crippen MR) is 69.2 cm³/mol. The van der Waals surface area contributed by atoms with Gasteiger partial charge in [-0.25, -0.2) is 0 Å². The molecule has 0 bridgehead atoms. The molecule has 0 aliphatic heterocycles. The van der Waals surface area contributed by atoms with Gasteiger partial charge in [-0.2, -0.15) is 11.3 Å². The molecule has 1 aromatic heterocycles. The molecule has 1 saturated carbocycles. The van der Waals surface area contributed by atoms with Crippen LogP contribution in [0.4, 0.5) is 0 Å². The molecule has 2 rings (SSSR count). The molecule has 98 valence electrons. The second-order valence-corrected chi connectivity index (χ2v) is 5.47. The Morgan fingerprint density at radius 3 is 2.67 bits per heavy atom. The highest BCUT2D eigenvalue weighted by Gasteiger charge is 2.35. The molecule has 0 radical (unpaired) electrons. The molecule has 2 atom stereocenters. The Balaban J connectivity index is 1.92. The van der Waals surface area contributed by atoms with E-state index >= 15 is 0 Å². The van der Waals surface area contributed by atoms with Crippen molar-refractivity contribution in [2.24, 2.45) is 11.8 Å². The van der Waals surface area contributed by atoms with E-state index in [4.69, 9.17) is 5.11 Å². The molecule has 1 amide bonds. The number of nitrogens with one attached hydrogen (secondary N) is 1. The van der Waals surface area contributed by atoms with Crippen LogP contribution >= 0.6 is 11.3 Å². The molecule has 1 heterocycles. The van der Waals surface area contributed by atoms with Crippen LogP contribution in [0.25, 0.3) is 0 Å². The first-order valence-corrected chi connectivity index (χ1v) is 7.14. The Morgan fingerprint density at radius 1 is 1.33 bits per heavy atom. The Kier molecular flexibility index (Phi) is 4.36. The van der Waals surface area contributed by atoms with E-state index < -0.39 is 11.9 Å². The van der Waals surface area contributed by atoms with Gasteiger partial charge in [0.2, 0.25) is 5.91 Å². The highest BCUT2D eigenvalue weighted by atomic mass is 32.1. The van der Waals surface area contributed by atoms with Crippen molar-refractivity contribution in [2.45, 2.75) is 32.2 Å². The monoisotopic (exact) mass is 267 g/mol. The van der Waals surface area contributed by atoms with Crippen molar-refractivity contribution in [3.63, 3.8) is 0 Å². The summed E-state index contributed by atoms with van der Waals surface area (Å²) in [5.41, 5.74) is 1.07. The number of hydrogen-bond acceptors (Lipinski definition) is 3. The average molecular weight is 267 g/mol. The number of hydrogen-bond donors (Lipinski definition) is 2. The summed E-state index contributed by atoms with van der Waals surface area (Å²) in [5.74, 6) is -1.84. The van der Waals surface area contributed by atoms with Crippen LogP contribution in [0.2, 0.25) is 0 Å². The SMILES string of the molecule is O=C(O)[C@H]1CCCC[C@H]1C(=O)NCc1ccsc1. The molecule has 4 nitrogen and oxygen atoms in total. The third kappa shape index (κ3) is 3.10. The second-order valence-electron chi connectivity index (χ2n) is 4.69. The second kappa shape index (κ2) is 6.00. The van der Waals surface area contributed by atoms with Crippen molar-refractivity contribution >= 4 is 23.2 Å². The largest absolute Gasteiger partial charge is 0.481 e. The van der Waals surface area contributed by atoms with Crippen molar-refractivity contribution in [2.75, 3.05) is 0 Å². The van der Waals surface area contributed by atoms with Crippen LogP contribution in [-0.2, 0) is 16.1 Å². The van der Waals surface area contributed by atoms with Crippen LogP contribution in [0.1, 0.15) is 31.2 Å². The van der Waals surface area contributed by atoms with E-state index in [0.29, 0.717) is 19.4 Å². The standard InChI is InChI=1S/C13H17NO3S/c15-12(14-7-9-5-6-18-8-9)10-3-1-2-4-11(10)13(16)17/h5-6,8,10-11H,1-4,7H2,(H,14,15)(H,16,17)/t10-,11+/m1/s1. The first-order chi connectivity index (χ1) is 8.68. The number of amides is 1. The van der Waals surface area contributed by atoms with Gasteiger partial charge in [-0.3, -0.25) is 9.59 Å². The molecule has 1 fully saturated rings. The zero-order chi connectivity index (χ0) is 13.0. The normalized spacial score (nSPS) is 23.6. The van der Waals surface area contributed by atoms with E-state index in [0.717, 1.165) is 18.4 Å². The summed E-state index contributed by atoms with van der Waals surface area (Å²) in [6, 6.07) is 1.96. The zero-order valence-corrected chi connectivity index (χ0v) is 10.9. The van der Waals surface area contributed by atoms with Crippen molar-refractivity contribution in [3.05, 3.63) is 22.4 Å². The van der Waals surface area contributed by atoms with Crippen molar-refractivity contribution in [1.29, 1.82) is 0 Å². The Morgan fingerprint density at radius 2 is 2.06 bits per heavy atom. The fourth-order valence-electron chi connectivity index (χ4n) is 2.45. The molecule has 1 aromatic rings. The first kappa shape index (κ1) is 13.1. The number of carbonyl (C=O) groups is 2. The van der Waals surface area contributed by atoms with E-state index in [1.54, 1.807) is 11.3 Å². The summed E-state index contributed by atoms with van der Waals surface area (Å²) in [6.07, 6.45) is 3.16. The van der Waals surface area contributed by atoms with Gasteiger partial charge in [0, 0.05) is 6.54 Å². The van der Waals surface area contributed by atoms with E-state index in [-0.39, 0.29) is 11.8 Å². The number of thiophene rings is 1. The minimum absolute atomic E-state index is 0.117. The fourth-order valence-corrected chi connectivity index (χ4v) is 3.12. The average Bonchev–Trinajstić information content (AvgIpc) is 2.89. The van der Waals surface area contributed by atoms with Crippen LogP contribution < -0.4 is 5.32 Å². The summed E-state index contributed by atoms with van der Waals surface area (Å²) in [4.78, 5) is 23.2. The summed E-state index contributed by atoms with van der Waals surface area (Å²) < 4.78 is 0. The van der Waals surface area contributed by atoms with E-state index in [1.807, 2.05) is 16.8 Å². The predicted octanol–water partition coefficient (Wildman–Crippen LogP) is 2.26. The van der Waals surface area contributed by atoms with Crippen LogP contribution in [0.15, 0.2) is 16.8 Å². The van der Waals surface area contributed by atoms with Crippen LogP contribution in [0.5, 0.6) is 0 Å². The maximum Gasteiger partial charge on any atom is 0.307 e. The molecule has 1 aliphatic carbocycles. The van der Waals surface area contributed by atoms with Gasteiger partial charge in [0.15, 0.2) is 0 Å². The van der Waals surface area contributed by atoms with E-state index in [1.165, 1.54) is 0 Å². The molecule has 1 aliphatic rings. The highest BCUT2D eigenvalue weighted by molar-refractivity contribution is 7.07. The quantitative estimate of drug-likeness (QED) is 0.879. The van der Waals surface area contributed by atoms with E-state index in [9.17, 15) is 9.59 Å². The zero-order valence-electron chi connectivity index (χ0n) is 10.1. The summed E-state index contributed by atoms with van der Waals surface area (Å²) >= 11 is 1.59. The van der Waals surface area contributed by atoms with Crippen LogP contribution in [0, 0.1) is 11.8 Å². The molecule has 18 heavy (non-hydrogen) atoms. The first-order valence-electron chi connectivity index (χ1n) is 6.20. The Bertz CT molecular complexity index is 416. The third-order valence-electron chi connectivity index (χ3n) is 3.47. The fraction of sp³-hybridized carbons (Fsp3) is 0.538. The molecule has 0 saturated heterocycles. The number of rotatable bonds is 4. The Labute approximate surface area is 110 Å². The third-order valence-corrected chi connectivity index (χ3v) is 4.20. The van der Waals surface area contributed by atoms with Gasteiger partial charge >= 0.3 is 5.97 Å². The van der Waals surface area contributed by atoms with Gasteiger partial charge in [-0.05, 0) is 35.2 Å². The topological polar surface area (TPSA) is 66.4 Å². The maximum absolute atomic E-state index is 12.0. The summed E-state index contributed by atoms with van der Waals surface area (Å²) in [5, 5.41) is 15.9. The molecule has 0 aromatic carbocycles. The van der Waals surface area contributed by atoms with Gasteiger partial charge in [0.05, 0.1) is 11.8 Å². The van der Waals surface area contributed by atoms with Crippen LogP contribution in [0.3, 0.4) is 0 Å². The highest BCUT2D eigenvalue weighted by Crippen LogP contribution is 2.30. The van der Waals surface area contributed by atoms with Gasteiger partial charge in [0.25, 0.3) is 0 Å². The number of carbonyl (C=O) groups excluding carboxylic acids is 1. The molecule has 2 N–H and O–H groups in total. The summed E-state index contributed by atoms with van der Waals surface area (Å²) in [7, 11) is 0.